The van der Waals surface area contributed by atoms with E-state index in [1.165, 1.54) is 0 Å². The van der Waals surface area contributed by atoms with E-state index < -0.39 is 15.3 Å². The van der Waals surface area contributed by atoms with Crippen molar-refractivity contribution in [3.8, 4) is 0 Å². The highest BCUT2D eigenvalue weighted by molar-refractivity contribution is 7.90. The Morgan fingerprint density at radius 3 is 2.26 bits per heavy atom. The number of sulfonamides is 1. The van der Waals surface area contributed by atoms with Crippen molar-refractivity contribution >= 4 is 10.0 Å². The molecule has 6 heteroatoms. The molecule has 2 unspecified atom stereocenters. The van der Waals surface area contributed by atoms with Crippen LogP contribution >= 0.6 is 0 Å². The van der Waals surface area contributed by atoms with E-state index in [0.717, 1.165) is 5.56 Å². The van der Waals surface area contributed by atoms with Crippen LogP contribution in [0.3, 0.4) is 0 Å². The monoisotopic (exact) mass is 285 g/mol. The highest BCUT2D eigenvalue weighted by Crippen LogP contribution is 2.13. The molecule has 0 amide bonds. The predicted molar refractivity (Wildman–Crippen MR) is 77.3 cm³/mol. The van der Waals surface area contributed by atoms with Crippen LogP contribution in [-0.2, 0) is 10.0 Å². The van der Waals surface area contributed by atoms with E-state index in [1.54, 1.807) is 19.3 Å². The van der Waals surface area contributed by atoms with E-state index in [2.05, 4.69) is 15.0 Å². The summed E-state index contributed by atoms with van der Waals surface area (Å²) in [4.78, 5) is 3.92. The number of hydrogen-bond donors (Lipinski definition) is 2. The maximum atomic E-state index is 12.2. The van der Waals surface area contributed by atoms with Gasteiger partial charge in [0.15, 0.2) is 0 Å². The Kier molecular flexibility index (Phi) is 5.90. The summed E-state index contributed by atoms with van der Waals surface area (Å²) in [5, 5.41) is 2.66. The van der Waals surface area contributed by atoms with Crippen LogP contribution < -0.4 is 10.0 Å². The van der Waals surface area contributed by atoms with Crippen molar-refractivity contribution < 1.29 is 8.42 Å². The van der Waals surface area contributed by atoms with Gasteiger partial charge in [-0.2, -0.15) is 0 Å². The van der Waals surface area contributed by atoms with Gasteiger partial charge in [-0.05, 0) is 31.5 Å². The number of nitrogens with one attached hydrogen (secondary N) is 2. The van der Waals surface area contributed by atoms with Crippen molar-refractivity contribution in [1.29, 1.82) is 0 Å². The molecule has 0 aromatic carbocycles. The molecule has 2 atom stereocenters. The highest BCUT2D eigenvalue weighted by Gasteiger charge is 2.23. The maximum absolute atomic E-state index is 12.2. The van der Waals surface area contributed by atoms with Gasteiger partial charge in [-0.1, -0.05) is 13.8 Å². The van der Waals surface area contributed by atoms with E-state index in [4.69, 9.17) is 0 Å². The van der Waals surface area contributed by atoms with Crippen molar-refractivity contribution in [3.05, 3.63) is 30.1 Å². The molecule has 19 heavy (non-hydrogen) atoms. The van der Waals surface area contributed by atoms with Gasteiger partial charge in [-0.25, -0.2) is 13.1 Å². The lowest BCUT2D eigenvalue weighted by Gasteiger charge is -2.20. The lowest BCUT2D eigenvalue weighted by atomic mass is 10.1. The van der Waals surface area contributed by atoms with Gasteiger partial charge >= 0.3 is 0 Å². The molecule has 5 nitrogen and oxygen atoms in total. The zero-order valence-electron chi connectivity index (χ0n) is 11.9. The topological polar surface area (TPSA) is 71.1 Å². The first-order chi connectivity index (χ1) is 8.83. The van der Waals surface area contributed by atoms with Crippen LogP contribution in [0.4, 0.5) is 0 Å². The summed E-state index contributed by atoms with van der Waals surface area (Å²) in [6, 6.07) is 3.64. The summed E-state index contributed by atoms with van der Waals surface area (Å²) >= 11 is 0. The molecule has 0 spiro atoms. The van der Waals surface area contributed by atoms with Gasteiger partial charge in [-0.3, -0.25) is 4.98 Å². The maximum Gasteiger partial charge on any atom is 0.216 e. The molecule has 0 aliphatic heterocycles. The summed E-state index contributed by atoms with van der Waals surface area (Å²) in [6.07, 6.45) is 3.31. The van der Waals surface area contributed by atoms with E-state index >= 15 is 0 Å². The van der Waals surface area contributed by atoms with Gasteiger partial charge in [0, 0.05) is 31.0 Å². The minimum absolute atomic E-state index is 0.255. The third kappa shape index (κ3) is 5.26. The lowest BCUT2D eigenvalue weighted by molar-refractivity contribution is 0.531. The predicted octanol–water partition coefficient (Wildman–Crippen LogP) is 1.45. The van der Waals surface area contributed by atoms with Crippen LogP contribution in [0.5, 0.6) is 0 Å². The van der Waals surface area contributed by atoms with Crippen LogP contribution in [0, 0.1) is 0 Å². The summed E-state index contributed by atoms with van der Waals surface area (Å²) in [6.45, 7) is 7.96. The Morgan fingerprint density at radius 2 is 1.74 bits per heavy atom. The normalized spacial score (nSPS) is 15.4. The van der Waals surface area contributed by atoms with Crippen LogP contribution in [0.2, 0.25) is 0 Å². The number of pyridine rings is 1. The fourth-order valence-electron chi connectivity index (χ4n) is 1.59. The lowest BCUT2D eigenvalue weighted by Crippen LogP contribution is -2.41. The van der Waals surface area contributed by atoms with Crippen LogP contribution in [0.15, 0.2) is 24.5 Å². The molecule has 0 aliphatic carbocycles. The number of hydrogen-bond acceptors (Lipinski definition) is 4. The second-order valence-electron chi connectivity index (χ2n) is 5.04. The molecule has 0 bridgehead atoms. The molecule has 1 aromatic heterocycles. The van der Waals surface area contributed by atoms with Crippen molar-refractivity contribution in [2.24, 2.45) is 0 Å². The highest BCUT2D eigenvalue weighted by atomic mass is 32.2. The summed E-state index contributed by atoms with van der Waals surface area (Å²) in [5.41, 5.74) is 0.905. The van der Waals surface area contributed by atoms with Crippen LogP contribution in [-0.4, -0.2) is 31.2 Å². The Hall–Kier alpha value is -0.980. The molecule has 1 rings (SSSR count). The second-order valence-corrected chi connectivity index (χ2v) is 7.17. The molecule has 0 radical (unpaired) electrons. The molecule has 0 saturated carbocycles. The molecule has 108 valence electrons. The average Bonchev–Trinajstić information content (AvgIpc) is 2.36. The van der Waals surface area contributed by atoms with Crippen LogP contribution in [0.25, 0.3) is 0 Å². The summed E-state index contributed by atoms with van der Waals surface area (Å²) in [5.74, 6) is 0. The Morgan fingerprint density at radius 1 is 1.16 bits per heavy atom. The van der Waals surface area contributed by atoms with Gasteiger partial charge in [-0.15, -0.1) is 0 Å². The fraction of sp³-hybridized carbons (Fsp3) is 0.615. The number of nitrogens with zero attached hydrogens (tertiary/aromatic N) is 1. The second kappa shape index (κ2) is 6.98. The fourth-order valence-corrected chi connectivity index (χ4v) is 2.77. The Bertz CT molecular complexity index is 474. The van der Waals surface area contributed by atoms with E-state index in [1.807, 2.05) is 32.9 Å². The van der Waals surface area contributed by atoms with Crippen molar-refractivity contribution in [3.63, 3.8) is 0 Å². The third-order valence-corrected chi connectivity index (χ3v) is 4.80. The summed E-state index contributed by atoms with van der Waals surface area (Å²) in [7, 11) is -3.34. The van der Waals surface area contributed by atoms with Gasteiger partial charge in [0.1, 0.15) is 0 Å². The van der Waals surface area contributed by atoms with E-state index in [-0.39, 0.29) is 12.1 Å². The Labute approximate surface area is 115 Å². The van der Waals surface area contributed by atoms with E-state index in [0.29, 0.717) is 6.54 Å². The van der Waals surface area contributed by atoms with Gasteiger partial charge in [0.2, 0.25) is 10.0 Å². The standard InChI is InChI=1S/C13H23N3O2S/c1-10(2)15-9-11(3)19(17,18)16-12(4)13-5-7-14-8-6-13/h5-8,10-12,15-16H,9H2,1-4H3. The van der Waals surface area contributed by atoms with Crippen LogP contribution in [0.1, 0.15) is 39.3 Å². The molecule has 0 aliphatic rings. The molecule has 0 fully saturated rings. The molecule has 0 saturated heterocycles. The van der Waals surface area contributed by atoms with Gasteiger partial charge in [0.05, 0.1) is 5.25 Å². The van der Waals surface area contributed by atoms with Crippen molar-refractivity contribution in [2.45, 2.75) is 45.0 Å². The first kappa shape index (κ1) is 16.1. The number of rotatable bonds is 7. The SMILES string of the molecule is CC(C)NCC(C)S(=O)(=O)NC(C)c1ccncc1. The van der Waals surface area contributed by atoms with Gasteiger partial charge in [0.25, 0.3) is 0 Å². The number of aromatic nitrogens is 1. The first-order valence-corrected chi connectivity index (χ1v) is 8.02. The molecule has 2 N–H and O–H groups in total. The van der Waals surface area contributed by atoms with Gasteiger partial charge < -0.3 is 5.32 Å². The van der Waals surface area contributed by atoms with E-state index in [9.17, 15) is 8.42 Å². The summed E-state index contributed by atoms with van der Waals surface area (Å²) < 4.78 is 27.0. The zero-order chi connectivity index (χ0) is 14.5. The molecule has 1 heterocycles. The molecular formula is C13H23N3O2S. The molecule has 1 aromatic rings. The first-order valence-electron chi connectivity index (χ1n) is 6.47. The molecular weight excluding hydrogens is 262 g/mol. The largest absolute Gasteiger partial charge is 0.313 e. The average molecular weight is 285 g/mol. The van der Waals surface area contributed by atoms with Crippen molar-refractivity contribution in [1.82, 2.24) is 15.0 Å². The zero-order valence-corrected chi connectivity index (χ0v) is 12.7. The Balaban J connectivity index is 2.64. The minimum Gasteiger partial charge on any atom is -0.313 e. The smallest absolute Gasteiger partial charge is 0.216 e. The van der Waals surface area contributed by atoms with Crippen molar-refractivity contribution in [2.75, 3.05) is 6.54 Å². The quantitative estimate of drug-likeness (QED) is 0.795. The third-order valence-electron chi connectivity index (χ3n) is 2.89. The minimum atomic E-state index is -3.34.